The van der Waals surface area contributed by atoms with Crippen molar-refractivity contribution < 1.29 is 18.0 Å². The molecule has 1 fully saturated rings. The molecule has 164 valence electrons. The molecule has 31 heavy (non-hydrogen) atoms. The largest absolute Gasteiger partial charge is 0.363 e. The van der Waals surface area contributed by atoms with Crippen molar-refractivity contribution in [2.75, 3.05) is 10.6 Å². The van der Waals surface area contributed by atoms with Gasteiger partial charge in [0.2, 0.25) is 0 Å². The molecule has 2 aromatic heterocycles. The van der Waals surface area contributed by atoms with Gasteiger partial charge in [0, 0.05) is 42.3 Å². The van der Waals surface area contributed by atoms with Gasteiger partial charge in [-0.3, -0.25) is 4.79 Å². The maximum atomic E-state index is 14.7. The van der Waals surface area contributed by atoms with Gasteiger partial charge >= 0.3 is 0 Å². The number of benzene rings is 1. The third-order valence-electron chi connectivity index (χ3n) is 5.80. The number of alkyl halides is 2. The Morgan fingerprint density at radius 2 is 2.06 bits per heavy atom. The fourth-order valence-corrected chi connectivity index (χ4v) is 4.03. The molecule has 2 heterocycles. The van der Waals surface area contributed by atoms with E-state index in [0.29, 0.717) is 12.1 Å². The van der Waals surface area contributed by atoms with E-state index < -0.39 is 23.8 Å². The van der Waals surface area contributed by atoms with Crippen LogP contribution in [0.3, 0.4) is 0 Å². The van der Waals surface area contributed by atoms with Crippen LogP contribution in [0.5, 0.6) is 0 Å². The zero-order valence-electron chi connectivity index (χ0n) is 17.3. The summed E-state index contributed by atoms with van der Waals surface area (Å²) < 4.78 is 44.7. The lowest BCUT2D eigenvalue weighted by atomic mass is 9.87. The normalized spacial score (nSPS) is 20.6. The number of halogens is 3. The minimum Gasteiger partial charge on any atom is -0.363 e. The first-order chi connectivity index (χ1) is 14.7. The maximum absolute atomic E-state index is 14.7. The molecule has 3 aromatic rings. The predicted octanol–water partition coefficient (Wildman–Crippen LogP) is 4.59. The summed E-state index contributed by atoms with van der Waals surface area (Å²) in [6.07, 6.45) is 2.25. The zero-order valence-corrected chi connectivity index (χ0v) is 17.3. The third-order valence-corrected chi connectivity index (χ3v) is 5.80. The first-order valence-electron chi connectivity index (χ1n) is 10.1. The topological polar surface area (TPSA) is 85.0 Å². The van der Waals surface area contributed by atoms with Crippen LogP contribution in [-0.4, -0.2) is 33.3 Å². The second-order valence-corrected chi connectivity index (χ2v) is 7.99. The molecule has 2 atom stereocenters. The molecule has 0 amide bonds. The van der Waals surface area contributed by atoms with Crippen LogP contribution >= 0.6 is 0 Å². The highest BCUT2D eigenvalue weighted by Gasteiger charge is 2.45. The van der Waals surface area contributed by atoms with E-state index in [-0.39, 0.29) is 35.8 Å². The number of aryl methyl sites for hydroxylation is 1. The molecule has 0 aliphatic heterocycles. The van der Waals surface area contributed by atoms with E-state index in [1.165, 1.54) is 6.92 Å². The lowest BCUT2D eigenvalue weighted by molar-refractivity contribution is -0.0555. The number of carbonyl (C=O) groups is 1. The van der Waals surface area contributed by atoms with Gasteiger partial charge in [0.05, 0.1) is 11.6 Å². The monoisotopic (exact) mass is 431 g/mol. The first kappa shape index (κ1) is 21.2. The van der Waals surface area contributed by atoms with E-state index in [2.05, 4.69) is 15.6 Å². The molecule has 6 nitrogen and oxygen atoms in total. The van der Waals surface area contributed by atoms with E-state index in [0.717, 1.165) is 17.0 Å². The second kappa shape index (κ2) is 7.88. The number of rotatable bonds is 5. The highest BCUT2D eigenvalue weighted by molar-refractivity contribution is 6.01. The maximum Gasteiger partial charge on any atom is 0.264 e. The van der Waals surface area contributed by atoms with Gasteiger partial charge in [0.1, 0.15) is 5.82 Å². The van der Waals surface area contributed by atoms with Crippen molar-refractivity contribution in [1.82, 2.24) is 9.55 Å². The number of hydrogen-bond acceptors (Lipinski definition) is 5. The Morgan fingerprint density at radius 3 is 2.81 bits per heavy atom. The number of fused-ring (bicyclic) bond motifs is 1. The average Bonchev–Trinajstić information content (AvgIpc) is 3.09. The Hall–Kier alpha value is -3.07. The van der Waals surface area contributed by atoms with E-state index in [4.69, 9.17) is 5.73 Å². The van der Waals surface area contributed by atoms with Crippen molar-refractivity contribution in [1.29, 1.82) is 0 Å². The molecule has 4 rings (SSSR count). The Bertz CT molecular complexity index is 1140. The molecule has 9 heteroatoms. The molecular weight excluding hydrogens is 407 g/mol. The lowest BCUT2D eigenvalue weighted by Gasteiger charge is -2.36. The van der Waals surface area contributed by atoms with Gasteiger partial charge in [-0.15, -0.1) is 0 Å². The highest BCUT2D eigenvalue weighted by atomic mass is 19.3. The molecule has 1 aliphatic rings. The number of anilines is 3. The fourth-order valence-electron chi connectivity index (χ4n) is 4.03. The minimum atomic E-state index is -3.03. The molecule has 4 N–H and O–H groups in total. The standard InChI is InChI=1S/C22H24F3N5O/c1-12(31)14-11-15(23)21(28-17-6-4-9-22(24,25)19(17)26)29-20(14)27-16-5-3-7-18-13(16)8-10-30(18)2/h3,5,7-8,10-11,17,19H,4,6,9,26H2,1-2H3,(H2,27,28,29)/t17-,19-/m1/s1. The summed E-state index contributed by atoms with van der Waals surface area (Å²) in [5.74, 6) is -4.28. The number of pyridine rings is 1. The molecule has 0 unspecified atom stereocenters. The smallest absolute Gasteiger partial charge is 0.264 e. The number of nitrogens with zero attached hydrogens (tertiary/aromatic N) is 2. The van der Waals surface area contributed by atoms with Gasteiger partial charge in [-0.05, 0) is 44.0 Å². The summed E-state index contributed by atoms with van der Waals surface area (Å²) in [7, 11) is 1.91. The van der Waals surface area contributed by atoms with Gasteiger partial charge in [0.15, 0.2) is 17.4 Å². The molecule has 0 radical (unpaired) electrons. The summed E-state index contributed by atoms with van der Waals surface area (Å²) in [6, 6.07) is 6.31. The van der Waals surface area contributed by atoms with Crippen molar-refractivity contribution in [3.05, 3.63) is 47.9 Å². The average molecular weight is 431 g/mol. The Kier molecular flexibility index (Phi) is 5.38. The van der Waals surface area contributed by atoms with Crippen LogP contribution in [-0.2, 0) is 7.05 Å². The highest BCUT2D eigenvalue weighted by Crippen LogP contribution is 2.35. The number of aromatic nitrogens is 2. The summed E-state index contributed by atoms with van der Waals surface area (Å²) in [5, 5.41) is 6.75. The van der Waals surface area contributed by atoms with Gasteiger partial charge < -0.3 is 20.9 Å². The van der Waals surface area contributed by atoms with Crippen LogP contribution in [0.1, 0.15) is 36.5 Å². The minimum absolute atomic E-state index is 0.0641. The summed E-state index contributed by atoms with van der Waals surface area (Å²) in [6.45, 7) is 1.31. The van der Waals surface area contributed by atoms with Crippen LogP contribution in [0, 0.1) is 5.82 Å². The van der Waals surface area contributed by atoms with Gasteiger partial charge in [-0.2, -0.15) is 0 Å². The van der Waals surface area contributed by atoms with Gasteiger partial charge in [-0.1, -0.05) is 6.07 Å². The number of ketones is 1. The molecule has 1 aromatic carbocycles. The van der Waals surface area contributed by atoms with Gasteiger partial charge in [0.25, 0.3) is 5.92 Å². The molecule has 1 aliphatic carbocycles. The molecular formula is C22H24F3N5O. The quantitative estimate of drug-likeness (QED) is 0.515. The number of nitrogens with one attached hydrogen (secondary N) is 2. The van der Waals surface area contributed by atoms with Crippen molar-refractivity contribution in [2.45, 2.75) is 44.2 Å². The molecule has 0 spiro atoms. The van der Waals surface area contributed by atoms with Gasteiger partial charge in [-0.25, -0.2) is 18.2 Å². The second-order valence-electron chi connectivity index (χ2n) is 7.99. The summed E-state index contributed by atoms with van der Waals surface area (Å²) >= 11 is 0. The number of carbonyl (C=O) groups excluding carboxylic acids is 1. The van der Waals surface area contributed by atoms with Crippen molar-refractivity contribution in [3.63, 3.8) is 0 Å². The molecule has 0 bridgehead atoms. The number of hydrogen-bond donors (Lipinski definition) is 3. The Balaban J connectivity index is 1.71. The van der Waals surface area contributed by atoms with E-state index >= 15 is 0 Å². The van der Waals surface area contributed by atoms with Crippen LogP contribution in [0.4, 0.5) is 30.5 Å². The Labute approximate surface area is 177 Å². The number of nitrogens with two attached hydrogens (primary N) is 1. The van der Waals surface area contributed by atoms with Crippen LogP contribution in [0.2, 0.25) is 0 Å². The van der Waals surface area contributed by atoms with E-state index in [9.17, 15) is 18.0 Å². The third kappa shape index (κ3) is 3.97. The zero-order chi connectivity index (χ0) is 22.3. The van der Waals surface area contributed by atoms with E-state index in [1.807, 2.05) is 42.1 Å². The lowest BCUT2D eigenvalue weighted by Crippen LogP contribution is -2.55. The molecule has 1 saturated carbocycles. The van der Waals surface area contributed by atoms with Crippen LogP contribution in [0.25, 0.3) is 10.9 Å². The Morgan fingerprint density at radius 1 is 1.29 bits per heavy atom. The molecule has 0 saturated heterocycles. The SMILES string of the molecule is CC(=O)c1cc(F)c(N[C@@H]2CCCC(F)(F)[C@@H]2N)nc1Nc1cccc2c1ccn2C. The van der Waals surface area contributed by atoms with Crippen LogP contribution in [0.15, 0.2) is 36.5 Å². The van der Waals surface area contributed by atoms with Crippen molar-refractivity contribution >= 4 is 34.0 Å². The fraction of sp³-hybridized carbons (Fsp3) is 0.364. The van der Waals surface area contributed by atoms with Crippen molar-refractivity contribution in [3.8, 4) is 0 Å². The predicted molar refractivity (Wildman–Crippen MR) is 115 cm³/mol. The number of Topliss-reactive ketones (excluding diaryl/α,β-unsaturated/α-hetero) is 1. The summed E-state index contributed by atoms with van der Waals surface area (Å²) in [4.78, 5) is 16.4. The van der Waals surface area contributed by atoms with E-state index in [1.54, 1.807) is 0 Å². The van der Waals surface area contributed by atoms with Crippen LogP contribution < -0.4 is 16.4 Å². The first-order valence-corrected chi connectivity index (χ1v) is 10.1. The van der Waals surface area contributed by atoms with Crippen molar-refractivity contribution in [2.24, 2.45) is 12.8 Å². The summed E-state index contributed by atoms with van der Waals surface area (Å²) in [5.41, 5.74) is 7.44.